The van der Waals surface area contributed by atoms with Crippen molar-refractivity contribution in [3.05, 3.63) is 66.1 Å². The largest absolute Gasteiger partial charge is 0.361 e. The zero-order valence-corrected chi connectivity index (χ0v) is 16.3. The van der Waals surface area contributed by atoms with Gasteiger partial charge in [-0.2, -0.15) is 0 Å². The zero-order valence-electron chi connectivity index (χ0n) is 16.3. The second-order valence-electron chi connectivity index (χ2n) is 8.02. The maximum atomic E-state index is 13.6. The Balaban J connectivity index is 1.43. The third kappa shape index (κ3) is 2.99. The van der Waals surface area contributed by atoms with Crippen LogP contribution < -0.4 is 0 Å². The van der Waals surface area contributed by atoms with Gasteiger partial charge in [-0.25, -0.2) is 0 Å². The summed E-state index contributed by atoms with van der Waals surface area (Å²) in [5.74, 6) is 0.0215. The van der Waals surface area contributed by atoms with Crippen molar-refractivity contribution in [2.24, 2.45) is 0 Å². The minimum Gasteiger partial charge on any atom is -0.361 e. The van der Waals surface area contributed by atoms with Crippen LogP contribution in [0.15, 0.2) is 54.9 Å². The van der Waals surface area contributed by atoms with E-state index in [1.54, 1.807) is 6.20 Å². The number of aromatic nitrogens is 2. The lowest BCUT2D eigenvalue weighted by Gasteiger charge is -2.44. The number of H-pyrrole nitrogens is 1. The predicted molar refractivity (Wildman–Crippen MR) is 110 cm³/mol. The molecule has 1 spiro atoms. The SMILES string of the molecule is O=C(c1ccc2cc[nH]c2c1)N1CCCC12CCCN(Cc1ccccn1)C2=O. The molecular formula is C23H24N4O2. The molecule has 6 nitrogen and oxygen atoms in total. The van der Waals surface area contributed by atoms with Gasteiger partial charge in [-0.3, -0.25) is 14.6 Å². The van der Waals surface area contributed by atoms with E-state index in [0.717, 1.165) is 42.3 Å². The Bertz CT molecular complexity index is 1060. The van der Waals surface area contributed by atoms with Gasteiger partial charge in [0.2, 0.25) is 5.91 Å². The average Bonchev–Trinajstić information content (AvgIpc) is 3.39. The monoisotopic (exact) mass is 388 g/mol. The number of carbonyl (C=O) groups is 2. The van der Waals surface area contributed by atoms with E-state index >= 15 is 0 Å². The Labute approximate surface area is 169 Å². The molecule has 2 aliphatic rings. The molecule has 5 rings (SSSR count). The number of piperidine rings is 1. The molecule has 3 aromatic rings. The number of rotatable bonds is 3. The number of pyridine rings is 1. The zero-order chi connectivity index (χ0) is 19.8. The van der Waals surface area contributed by atoms with E-state index in [0.29, 0.717) is 25.2 Å². The van der Waals surface area contributed by atoms with Gasteiger partial charge in [-0.15, -0.1) is 0 Å². The van der Waals surface area contributed by atoms with Crippen molar-refractivity contribution in [2.75, 3.05) is 13.1 Å². The molecule has 2 aliphatic heterocycles. The topological polar surface area (TPSA) is 69.3 Å². The Hall–Kier alpha value is -3.15. The quantitative estimate of drug-likeness (QED) is 0.748. The minimum atomic E-state index is -0.713. The molecule has 0 radical (unpaired) electrons. The van der Waals surface area contributed by atoms with Crippen LogP contribution in [0.25, 0.3) is 10.9 Å². The summed E-state index contributed by atoms with van der Waals surface area (Å²) in [7, 11) is 0. The first-order valence-corrected chi connectivity index (χ1v) is 10.3. The Kier molecular flexibility index (Phi) is 4.34. The molecule has 1 unspecified atom stereocenters. The molecule has 6 heteroatoms. The number of aromatic amines is 1. The molecule has 1 aromatic carbocycles. The van der Waals surface area contributed by atoms with E-state index in [-0.39, 0.29) is 11.8 Å². The molecule has 4 heterocycles. The normalized spacial score (nSPS) is 22.0. The number of nitrogens with one attached hydrogen (secondary N) is 1. The first-order valence-electron chi connectivity index (χ1n) is 10.3. The molecular weight excluding hydrogens is 364 g/mol. The van der Waals surface area contributed by atoms with Gasteiger partial charge >= 0.3 is 0 Å². The minimum absolute atomic E-state index is 0.0490. The van der Waals surface area contributed by atoms with Gasteiger partial charge in [0.15, 0.2) is 0 Å². The van der Waals surface area contributed by atoms with Gasteiger partial charge in [0, 0.05) is 36.6 Å². The molecule has 2 saturated heterocycles. The molecule has 2 fully saturated rings. The number of hydrogen-bond acceptors (Lipinski definition) is 3. The fraction of sp³-hybridized carbons (Fsp3) is 0.348. The van der Waals surface area contributed by atoms with Crippen LogP contribution >= 0.6 is 0 Å². The predicted octanol–water partition coefficient (Wildman–Crippen LogP) is 3.36. The van der Waals surface area contributed by atoms with Crippen LogP contribution in [0.3, 0.4) is 0 Å². The van der Waals surface area contributed by atoms with Crippen LogP contribution in [-0.2, 0) is 11.3 Å². The average molecular weight is 388 g/mol. The highest BCUT2D eigenvalue weighted by atomic mass is 16.2. The molecule has 0 saturated carbocycles. The number of hydrogen-bond donors (Lipinski definition) is 1. The van der Waals surface area contributed by atoms with Crippen LogP contribution in [0.1, 0.15) is 41.7 Å². The van der Waals surface area contributed by atoms with Crippen LogP contribution in [0.2, 0.25) is 0 Å². The van der Waals surface area contributed by atoms with Crippen LogP contribution in [0.4, 0.5) is 0 Å². The van der Waals surface area contributed by atoms with Gasteiger partial charge in [-0.05, 0) is 61.4 Å². The fourth-order valence-corrected chi connectivity index (χ4v) is 4.90. The molecule has 148 valence electrons. The first-order chi connectivity index (χ1) is 14.2. The standard InChI is InChI=1S/C23H24N4O2/c28-21(18-7-6-17-8-12-25-20(17)15-18)27-14-4-10-23(27)9-3-13-26(22(23)29)16-19-5-1-2-11-24-19/h1-2,5-8,11-12,15,25H,3-4,9-10,13-14,16H2. The van der Waals surface area contributed by atoms with Gasteiger partial charge in [0.05, 0.1) is 12.2 Å². The van der Waals surface area contributed by atoms with Crippen LogP contribution in [-0.4, -0.2) is 50.2 Å². The van der Waals surface area contributed by atoms with Crippen molar-refractivity contribution in [1.29, 1.82) is 0 Å². The summed E-state index contributed by atoms with van der Waals surface area (Å²) in [4.78, 5) is 38.2. The van der Waals surface area contributed by atoms with Crippen LogP contribution in [0.5, 0.6) is 0 Å². The summed E-state index contributed by atoms with van der Waals surface area (Å²) in [5.41, 5.74) is 1.74. The number of carbonyl (C=O) groups excluding carboxylic acids is 2. The van der Waals surface area contributed by atoms with Crippen molar-refractivity contribution < 1.29 is 9.59 Å². The number of nitrogens with zero attached hydrogens (tertiary/aromatic N) is 3. The van der Waals surface area contributed by atoms with Gasteiger partial charge < -0.3 is 14.8 Å². The highest BCUT2D eigenvalue weighted by Crippen LogP contribution is 2.39. The van der Waals surface area contributed by atoms with Crippen molar-refractivity contribution >= 4 is 22.7 Å². The molecule has 2 amide bonds. The molecule has 29 heavy (non-hydrogen) atoms. The highest BCUT2D eigenvalue weighted by Gasteiger charge is 2.52. The first kappa shape index (κ1) is 17.9. The van der Waals surface area contributed by atoms with E-state index in [2.05, 4.69) is 9.97 Å². The number of fused-ring (bicyclic) bond motifs is 1. The van der Waals surface area contributed by atoms with Gasteiger partial charge in [0.25, 0.3) is 5.91 Å². The lowest BCUT2D eigenvalue weighted by atomic mass is 9.85. The van der Waals surface area contributed by atoms with E-state index in [9.17, 15) is 9.59 Å². The number of benzene rings is 1. The lowest BCUT2D eigenvalue weighted by Crippen LogP contribution is -2.61. The summed E-state index contributed by atoms with van der Waals surface area (Å²) in [6.07, 6.45) is 6.86. The Morgan fingerprint density at radius 2 is 1.97 bits per heavy atom. The maximum absolute atomic E-state index is 13.6. The molecule has 0 bridgehead atoms. The number of amides is 2. The van der Waals surface area contributed by atoms with Crippen molar-refractivity contribution in [2.45, 2.75) is 37.8 Å². The third-order valence-corrected chi connectivity index (χ3v) is 6.32. The smallest absolute Gasteiger partial charge is 0.254 e. The summed E-state index contributed by atoms with van der Waals surface area (Å²) in [5, 5.41) is 1.08. The summed E-state index contributed by atoms with van der Waals surface area (Å²) in [6, 6.07) is 13.5. The van der Waals surface area contributed by atoms with E-state index in [1.165, 1.54) is 0 Å². The Morgan fingerprint density at radius 1 is 1.10 bits per heavy atom. The molecule has 2 aromatic heterocycles. The maximum Gasteiger partial charge on any atom is 0.254 e. The fourth-order valence-electron chi connectivity index (χ4n) is 4.90. The summed E-state index contributed by atoms with van der Waals surface area (Å²) >= 11 is 0. The lowest BCUT2D eigenvalue weighted by molar-refractivity contribution is -0.146. The van der Waals surface area contributed by atoms with E-state index in [4.69, 9.17) is 0 Å². The second kappa shape index (κ2) is 7.03. The molecule has 1 N–H and O–H groups in total. The molecule has 0 aliphatic carbocycles. The summed E-state index contributed by atoms with van der Waals surface area (Å²) in [6.45, 7) is 1.84. The van der Waals surface area contributed by atoms with Gasteiger partial charge in [-0.1, -0.05) is 12.1 Å². The van der Waals surface area contributed by atoms with Crippen molar-refractivity contribution in [3.8, 4) is 0 Å². The second-order valence-corrected chi connectivity index (χ2v) is 8.02. The summed E-state index contributed by atoms with van der Waals surface area (Å²) < 4.78 is 0. The molecule has 1 atom stereocenters. The van der Waals surface area contributed by atoms with E-state index < -0.39 is 5.54 Å². The third-order valence-electron chi connectivity index (χ3n) is 6.32. The van der Waals surface area contributed by atoms with Crippen molar-refractivity contribution in [1.82, 2.24) is 19.8 Å². The van der Waals surface area contributed by atoms with Crippen molar-refractivity contribution in [3.63, 3.8) is 0 Å². The Morgan fingerprint density at radius 3 is 2.79 bits per heavy atom. The van der Waals surface area contributed by atoms with E-state index in [1.807, 2.05) is 58.5 Å². The number of likely N-dealkylation sites (tertiary alicyclic amines) is 2. The van der Waals surface area contributed by atoms with Crippen LogP contribution in [0, 0.1) is 0 Å². The highest BCUT2D eigenvalue weighted by molar-refractivity contribution is 6.02. The van der Waals surface area contributed by atoms with Gasteiger partial charge in [0.1, 0.15) is 5.54 Å².